The van der Waals surface area contributed by atoms with Crippen LogP contribution in [0.25, 0.3) is 0 Å². The zero-order chi connectivity index (χ0) is 14.4. The summed E-state index contributed by atoms with van der Waals surface area (Å²) < 4.78 is 2.86. The molecule has 1 fully saturated rings. The first-order valence-electron chi connectivity index (χ1n) is 6.63. The molecule has 1 aliphatic heterocycles. The molecule has 2 rings (SSSR count). The van der Waals surface area contributed by atoms with E-state index in [1.807, 2.05) is 44.5 Å². The Balaban J connectivity index is 2.15. The predicted octanol–water partition coefficient (Wildman–Crippen LogP) is 2.67. The van der Waals surface area contributed by atoms with Gasteiger partial charge in [-0.15, -0.1) is 0 Å². The number of carbonyl (C=O) groups excluding carboxylic acids is 1. The Kier molecular flexibility index (Phi) is 3.80. The number of aromatic nitrogens is 1. The van der Waals surface area contributed by atoms with Crippen LogP contribution in [0.15, 0.2) is 16.7 Å². The normalized spacial score (nSPS) is 18.0. The van der Waals surface area contributed by atoms with Gasteiger partial charge < -0.3 is 14.6 Å². The van der Waals surface area contributed by atoms with Crippen LogP contribution in [0.5, 0.6) is 0 Å². The van der Waals surface area contributed by atoms with Gasteiger partial charge in [-0.2, -0.15) is 0 Å². The van der Waals surface area contributed by atoms with Crippen molar-refractivity contribution in [1.82, 2.24) is 9.47 Å². The predicted molar refractivity (Wildman–Crippen MR) is 78.2 cm³/mol. The van der Waals surface area contributed by atoms with Gasteiger partial charge in [0.25, 0.3) is 5.91 Å². The van der Waals surface area contributed by atoms with Crippen LogP contribution in [0.1, 0.15) is 44.2 Å². The number of rotatable bonds is 3. The van der Waals surface area contributed by atoms with Crippen LogP contribution in [0.3, 0.4) is 0 Å². The fraction of sp³-hybridized carbons (Fsp3) is 0.643. The van der Waals surface area contributed by atoms with Crippen molar-refractivity contribution >= 4 is 21.8 Å². The Hall–Kier alpha value is -0.810. The molecule has 0 aliphatic carbocycles. The van der Waals surface area contributed by atoms with E-state index in [4.69, 9.17) is 0 Å². The lowest BCUT2D eigenvalue weighted by atomic mass is 9.83. The van der Waals surface area contributed by atoms with Crippen LogP contribution in [-0.2, 0) is 0 Å². The maximum absolute atomic E-state index is 12.4. The van der Waals surface area contributed by atoms with Crippen molar-refractivity contribution in [2.24, 2.45) is 5.92 Å². The van der Waals surface area contributed by atoms with Crippen molar-refractivity contribution in [3.05, 3.63) is 22.4 Å². The average Bonchev–Trinajstić information content (AvgIpc) is 2.66. The second-order valence-electron chi connectivity index (χ2n) is 5.96. The third-order valence-electron chi connectivity index (χ3n) is 3.88. The largest absolute Gasteiger partial charge is 0.386 e. The number of halogens is 1. The highest BCUT2D eigenvalue weighted by molar-refractivity contribution is 9.10. The SMILES string of the molecule is CC(C)n1cc(Br)cc1C(=O)N1CC(O)(C(C)C)C1. The van der Waals surface area contributed by atoms with Gasteiger partial charge >= 0.3 is 0 Å². The molecular weight excluding hydrogens is 308 g/mol. The molecule has 0 radical (unpaired) electrons. The van der Waals surface area contributed by atoms with E-state index in [-0.39, 0.29) is 17.9 Å². The summed E-state index contributed by atoms with van der Waals surface area (Å²) in [5.41, 5.74) is -0.0463. The summed E-state index contributed by atoms with van der Waals surface area (Å²) in [4.78, 5) is 14.2. The van der Waals surface area contributed by atoms with Gasteiger partial charge in [0.1, 0.15) is 11.3 Å². The van der Waals surface area contributed by atoms with E-state index in [0.717, 1.165) is 4.47 Å². The van der Waals surface area contributed by atoms with Crippen LogP contribution < -0.4 is 0 Å². The quantitative estimate of drug-likeness (QED) is 0.927. The summed E-state index contributed by atoms with van der Waals surface area (Å²) >= 11 is 3.41. The molecule has 0 atom stereocenters. The second kappa shape index (κ2) is 4.94. The molecule has 0 bridgehead atoms. The fourth-order valence-corrected chi connectivity index (χ4v) is 2.77. The van der Waals surface area contributed by atoms with Crippen LogP contribution in [0, 0.1) is 5.92 Å². The maximum atomic E-state index is 12.4. The van der Waals surface area contributed by atoms with Gasteiger partial charge in [0.15, 0.2) is 0 Å². The summed E-state index contributed by atoms with van der Waals surface area (Å²) in [6.45, 7) is 8.90. The van der Waals surface area contributed by atoms with Crippen LogP contribution in [0.4, 0.5) is 0 Å². The lowest BCUT2D eigenvalue weighted by Gasteiger charge is -2.49. The van der Waals surface area contributed by atoms with E-state index in [2.05, 4.69) is 15.9 Å². The summed E-state index contributed by atoms with van der Waals surface area (Å²) in [6, 6.07) is 2.07. The van der Waals surface area contributed by atoms with Crippen molar-refractivity contribution in [2.45, 2.75) is 39.3 Å². The minimum Gasteiger partial charge on any atom is -0.386 e. The van der Waals surface area contributed by atoms with Gasteiger partial charge in [-0.05, 0) is 41.8 Å². The molecule has 0 unspecified atom stereocenters. The molecule has 1 amide bonds. The number of amides is 1. The van der Waals surface area contributed by atoms with Crippen molar-refractivity contribution in [1.29, 1.82) is 0 Å². The molecular formula is C14H21BrN2O2. The van der Waals surface area contributed by atoms with Crippen molar-refractivity contribution in [2.75, 3.05) is 13.1 Å². The first-order chi connectivity index (χ1) is 8.74. The van der Waals surface area contributed by atoms with Gasteiger partial charge in [-0.25, -0.2) is 0 Å². The molecule has 5 heteroatoms. The van der Waals surface area contributed by atoms with E-state index in [0.29, 0.717) is 18.8 Å². The smallest absolute Gasteiger partial charge is 0.270 e. The Morgan fingerprint density at radius 1 is 1.37 bits per heavy atom. The summed E-state index contributed by atoms with van der Waals surface area (Å²) in [5, 5.41) is 10.2. The number of nitrogens with zero attached hydrogens (tertiary/aromatic N) is 2. The molecule has 1 saturated heterocycles. The van der Waals surface area contributed by atoms with E-state index in [1.54, 1.807) is 4.90 Å². The summed E-state index contributed by atoms with van der Waals surface area (Å²) in [6.07, 6.45) is 1.92. The van der Waals surface area contributed by atoms with Gasteiger partial charge in [0.05, 0.1) is 13.1 Å². The highest BCUT2D eigenvalue weighted by Crippen LogP contribution is 2.31. The number of β-amino-alcohol motifs (C(OH)–C–C–N with tert-alkyl or cyclic N) is 1. The fourth-order valence-electron chi connectivity index (χ4n) is 2.33. The molecule has 4 nitrogen and oxygen atoms in total. The van der Waals surface area contributed by atoms with Gasteiger partial charge in [0, 0.05) is 16.7 Å². The number of aliphatic hydroxyl groups is 1. The van der Waals surface area contributed by atoms with Gasteiger partial charge in [-0.3, -0.25) is 4.79 Å². The van der Waals surface area contributed by atoms with Crippen molar-refractivity contribution in [3.8, 4) is 0 Å². The van der Waals surface area contributed by atoms with Gasteiger partial charge in [-0.1, -0.05) is 13.8 Å². The molecule has 0 spiro atoms. The third-order valence-corrected chi connectivity index (χ3v) is 4.32. The standard InChI is InChI=1S/C14H21BrN2O2/c1-9(2)14(19)7-16(8-14)13(18)12-5-11(15)6-17(12)10(3)4/h5-6,9-10,19H,7-8H2,1-4H3. The molecule has 0 saturated carbocycles. The number of hydrogen-bond donors (Lipinski definition) is 1. The van der Waals surface area contributed by atoms with E-state index < -0.39 is 5.60 Å². The van der Waals surface area contributed by atoms with E-state index >= 15 is 0 Å². The zero-order valence-electron chi connectivity index (χ0n) is 11.9. The van der Waals surface area contributed by atoms with Gasteiger partial charge in [0.2, 0.25) is 0 Å². The molecule has 2 heterocycles. The zero-order valence-corrected chi connectivity index (χ0v) is 13.4. The molecule has 1 N–H and O–H groups in total. The Morgan fingerprint density at radius 2 is 1.95 bits per heavy atom. The first-order valence-corrected chi connectivity index (χ1v) is 7.43. The van der Waals surface area contributed by atoms with Crippen LogP contribution in [-0.4, -0.2) is 39.2 Å². The average molecular weight is 329 g/mol. The van der Waals surface area contributed by atoms with E-state index in [9.17, 15) is 9.90 Å². The topological polar surface area (TPSA) is 45.5 Å². The highest BCUT2D eigenvalue weighted by atomic mass is 79.9. The second-order valence-corrected chi connectivity index (χ2v) is 6.88. The minimum atomic E-state index is -0.720. The lowest BCUT2D eigenvalue weighted by molar-refractivity contribution is -0.111. The maximum Gasteiger partial charge on any atom is 0.270 e. The third kappa shape index (κ3) is 2.58. The molecule has 1 aliphatic rings. The van der Waals surface area contributed by atoms with Crippen molar-refractivity contribution < 1.29 is 9.90 Å². The van der Waals surface area contributed by atoms with Crippen LogP contribution in [0.2, 0.25) is 0 Å². The minimum absolute atomic E-state index is 0.00951. The lowest BCUT2D eigenvalue weighted by Crippen LogP contribution is -2.66. The monoisotopic (exact) mass is 328 g/mol. The Labute approximate surface area is 122 Å². The summed E-state index contributed by atoms with van der Waals surface area (Å²) in [7, 11) is 0. The molecule has 106 valence electrons. The molecule has 1 aromatic rings. The summed E-state index contributed by atoms with van der Waals surface area (Å²) in [5.74, 6) is 0.157. The number of carbonyl (C=O) groups is 1. The highest BCUT2D eigenvalue weighted by Gasteiger charge is 2.46. The number of likely N-dealkylation sites (tertiary alicyclic amines) is 1. The van der Waals surface area contributed by atoms with Crippen molar-refractivity contribution in [3.63, 3.8) is 0 Å². The van der Waals surface area contributed by atoms with E-state index in [1.165, 1.54) is 0 Å². The molecule has 19 heavy (non-hydrogen) atoms. The Bertz CT molecular complexity index is 488. The van der Waals surface area contributed by atoms with Crippen LogP contribution >= 0.6 is 15.9 Å². The molecule has 0 aromatic carbocycles. The molecule has 1 aromatic heterocycles. The first kappa shape index (κ1) is 14.6. The number of hydrogen-bond acceptors (Lipinski definition) is 2. The Morgan fingerprint density at radius 3 is 2.42 bits per heavy atom.